The maximum absolute atomic E-state index is 14.0. The third-order valence-corrected chi connectivity index (χ3v) is 13.9. The maximum Gasteiger partial charge on any atom is 0.264 e. The van der Waals surface area contributed by atoms with Crippen LogP contribution in [0.25, 0.3) is 0 Å². The Kier molecular flexibility index (Phi) is 11.9. The molecule has 5 atom stereocenters. The van der Waals surface area contributed by atoms with E-state index < -0.39 is 21.2 Å². The van der Waals surface area contributed by atoms with E-state index in [-0.39, 0.29) is 12.0 Å². The number of sulfonamides is 1. The second kappa shape index (κ2) is 16.6. The Balaban J connectivity index is 1.21. The van der Waals surface area contributed by atoms with Crippen molar-refractivity contribution in [3.8, 4) is 5.75 Å². The smallest absolute Gasteiger partial charge is 0.264 e. The summed E-state index contributed by atoms with van der Waals surface area (Å²) in [4.78, 5) is 18.6. The van der Waals surface area contributed by atoms with Crippen LogP contribution in [-0.2, 0) is 32.5 Å². The molecule has 2 aromatic carbocycles. The molecule has 278 valence electrons. The first-order valence-corrected chi connectivity index (χ1v) is 21.1. The number of amides is 1. The van der Waals surface area contributed by atoms with E-state index in [0.717, 1.165) is 107 Å². The lowest BCUT2D eigenvalue weighted by atomic mass is 9.70. The number of carbonyl (C=O) groups is 1. The van der Waals surface area contributed by atoms with Crippen molar-refractivity contribution in [1.82, 2.24) is 9.62 Å². The fourth-order valence-corrected chi connectivity index (χ4v) is 10.2. The van der Waals surface area contributed by atoms with Crippen LogP contribution in [0.1, 0.15) is 79.8 Å². The molecule has 11 heteroatoms. The normalized spacial score (nSPS) is 29.6. The van der Waals surface area contributed by atoms with Crippen molar-refractivity contribution in [1.29, 1.82) is 0 Å². The van der Waals surface area contributed by atoms with Crippen LogP contribution in [0.5, 0.6) is 5.75 Å². The number of hydrogen-bond donors (Lipinski definition) is 1. The highest BCUT2D eigenvalue weighted by atomic mass is 35.5. The molecule has 1 amide bonds. The molecule has 0 radical (unpaired) electrons. The number of halogens is 1. The zero-order valence-corrected chi connectivity index (χ0v) is 31.5. The Morgan fingerprint density at radius 2 is 1.84 bits per heavy atom. The highest BCUT2D eigenvalue weighted by Gasteiger charge is 2.40. The topological polar surface area (TPSA) is 97.4 Å². The first kappa shape index (κ1) is 36.7. The molecule has 0 unspecified atom stereocenters. The van der Waals surface area contributed by atoms with Crippen molar-refractivity contribution < 1.29 is 27.4 Å². The van der Waals surface area contributed by atoms with Crippen LogP contribution >= 0.6 is 11.6 Å². The highest BCUT2D eigenvalue weighted by molar-refractivity contribution is 7.90. The molecule has 2 aromatic rings. The number of ether oxygens (including phenoxy) is 3. The maximum atomic E-state index is 14.0. The van der Waals surface area contributed by atoms with Crippen LogP contribution in [0.3, 0.4) is 0 Å². The summed E-state index contributed by atoms with van der Waals surface area (Å²) in [5, 5.41) is 0.0678. The van der Waals surface area contributed by atoms with Crippen molar-refractivity contribution in [2.45, 2.75) is 82.7 Å². The predicted octanol–water partition coefficient (Wildman–Crippen LogP) is 6.63. The van der Waals surface area contributed by atoms with Gasteiger partial charge in [0.15, 0.2) is 0 Å². The van der Waals surface area contributed by atoms with Gasteiger partial charge in [0.1, 0.15) is 12.4 Å². The van der Waals surface area contributed by atoms with E-state index in [0.29, 0.717) is 55.1 Å². The van der Waals surface area contributed by atoms with Gasteiger partial charge in [0.25, 0.3) is 5.91 Å². The van der Waals surface area contributed by atoms with Crippen molar-refractivity contribution in [3.05, 3.63) is 70.3 Å². The first-order valence-electron chi connectivity index (χ1n) is 19.2. The van der Waals surface area contributed by atoms with Crippen LogP contribution in [-0.4, -0.2) is 83.1 Å². The second-order valence-corrected chi connectivity index (χ2v) is 17.7. The van der Waals surface area contributed by atoms with Gasteiger partial charge in [-0.2, -0.15) is 0 Å². The number of aryl methyl sites for hydroxylation is 1. The summed E-state index contributed by atoms with van der Waals surface area (Å²) >= 11 is 6.39. The van der Waals surface area contributed by atoms with Crippen molar-refractivity contribution in [3.63, 3.8) is 0 Å². The molecule has 3 fully saturated rings. The number of benzene rings is 2. The summed E-state index contributed by atoms with van der Waals surface area (Å²) in [6.45, 7) is 8.88. The number of nitrogens with zero attached hydrogens (tertiary/aromatic N) is 2. The monoisotopic (exact) mass is 739 g/mol. The lowest BCUT2D eigenvalue weighted by molar-refractivity contribution is -0.0314. The molecule has 1 saturated heterocycles. The third-order valence-electron chi connectivity index (χ3n) is 11.8. The second-order valence-electron chi connectivity index (χ2n) is 15.4. The summed E-state index contributed by atoms with van der Waals surface area (Å²) in [5.74, 6) is 1.10. The molecule has 9 nitrogen and oxygen atoms in total. The average molecular weight is 740 g/mol. The van der Waals surface area contributed by atoms with Gasteiger partial charge >= 0.3 is 0 Å². The largest absolute Gasteiger partial charge is 0.487 e. The number of fused-ring (bicyclic) bond motifs is 3. The minimum absolute atomic E-state index is 0.0478. The Hall–Kier alpha value is -2.63. The molecular formula is C40H54ClN3O6S. The van der Waals surface area contributed by atoms with E-state index in [9.17, 15) is 13.2 Å². The molecular weight excluding hydrogens is 686 g/mol. The van der Waals surface area contributed by atoms with Crippen LogP contribution < -0.4 is 14.4 Å². The van der Waals surface area contributed by atoms with Gasteiger partial charge in [-0.25, -0.2) is 13.1 Å². The quantitative estimate of drug-likeness (QED) is 0.330. The zero-order valence-electron chi connectivity index (χ0n) is 29.9. The lowest BCUT2D eigenvalue weighted by Gasteiger charge is -2.44. The average Bonchev–Trinajstić information content (AvgIpc) is 3.93. The van der Waals surface area contributed by atoms with Gasteiger partial charge < -0.3 is 19.1 Å². The third kappa shape index (κ3) is 9.30. The van der Waals surface area contributed by atoms with Gasteiger partial charge in [-0.1, -0.05) is 49.6 Å². The number of anilines is 1. The minimum Gasteiger partial charge on any atom is -0.487 e. The van der Waals surface area contributed by atoms with Crippen molar-refractivity contribution in [2.75, 3.05) is 57.4 Å². The van der Waals surface area contributed by atoms with Crippen LogP contribution in [0.4, 0.5) is 5.69 Å². The van der Waals surface area contributed by atoms with Gasteiger partial charge in [-0.15, -0.1) is 0 Å². The number of hydrogen-bond acceptors (Lipinski definition) is 8. The number of morpholine rings is 1. The summed E-state index contributed by atoms with van der Waals surface area (Å²) in [6, 6.07) is 11.4. The molecule has 51 heavy (non-hydrogen) atoms. The van der Waals surface area contributed by atoms with Gasteiger partial charge in [0.05, 0.1) is 36.9 Å². The summed E-state index contributed by atoms with van der Waals surface area (Å²) in [7, 11) is -3.94. The summed E-state index contributed by atoms with van der Waals surface area (Å²) in [6.07, 6.45) is 12.6. The van der Waals surface area contributed by atoms with Crippen molar-refractivity contribution >= 4 is 33.2 Å². The van der Waals surface area contributed by atoms with E-state index >= 15 is 0 Å². The van der Waals surface area contributed by atoms with Crippen LogP contribution in [0.2, 0.25) is 5.02 Å². The van der Waals surface area contributed by atoms with E-state index in [1.807, 2.05) is 37.3 Å². The predicted molar refractivity (Wildman–Crippen MR) is 201 cm³/mol. The Morgan fingerprint density at radius 1 is 1.00 bits per heavy atom. The first-order chi connectivity index (χ1) is 24.7. The lowest BCUT2D eigenvalue weighted by Crippen LogP contribution is -2.45. The molecule has 2 saturated carbocycles. The van der Waals surface area contributed by atoms with E-state index in [4.69, 9.17) is 25.8 Å². The van der Waals surface area contributed by atoms with Crippen LogP contribution in [0, 0.1) is 23.7 Å². The fourth-order valence-electron chi connectivity index (χ4n) is 8.27. The number of nitrogens with one attached hydrogen (secondary N) is 1. The molecule has 7 rings (SSSR count). The molecule has 3 heterocycles. The van der Waals surface area contributed by atoms with E-state index in [1.165, 1.54) is 5.56 Å². The number of allylic oxidation sites excluding steroid dienone is 1. The highest BCUT2D eigenvalue weighted by Crippen LogP contribution is 2.42. The Labute approximate surface area is 309 Å². The summed E-state index contributed by atoms with van der Waals surface area (Å²) in [5.41, 5.74) is 3.45. The van der Waals surface area contributed by atoms with Gasteiger partial charge in [-0.05, 0) is 110 Å². The number of rotatable bonds is 6. The molecule has 1 N–H and O–H groups in total. The Morgan fingerprint density at radius 3 is 2.63 bits per heavy atom. The van der Waals surface area contributed by atoms with Gasteiger partial charge in [0, 0.05) is 43.3 Å². The SMILES string of the molecule is C[C@@H]1C/C=C/[C@H](OCCN2CCOCC2)[C@@H]2CC[C@H]2CN2CCCCc3cc(Cl)ccc3COc3ccc(cc32)C(=O)NS(=O)(=O)[C@H]1CC1CC1. The standard InChI is InChI=1S/C40H54ClN3O6S/c1-28-5-4-7-37(49-22-19-43-17-20-48-21-18-43)35-14-11-32(35)26-44-16-3-2-6-30-24-34(41)13-10-33(30)27-50-38-15-12-31(25-36(38)44)40(45)42-51(46,47)39(28)23-29-8-9-29/h4,7,10,12-13,15,24-25,28-29,32,35,37,39H,2-3,5-6,8-9,11,14,16-23,26-27H2,1H3,(H,42,45)/b7-4+/t28-,32+,35-,37+,39+/m1/s1. The molecule has 0 spiro atoms. The van der Waals surface area contributed by atoms with E-state index in [1.54, 1.807) is 6.07 Å². The fraction of sp³-hybridized carbons (Fsp3) is 0.625. The van der Waals surface area contributed by atoms with Crippen LogP contribution in [0.15, 0.2) is 48.6 Å². The molecule has 2 bridgehead atoms. The Bertz CT molecular complexity index is 1660. The summed E-state index contributed by atoms with van der Waals surface area (Å²) < 4.78 is 49.2. The van der Waals surface area contributed by atoms with Gasteiger partial charge in [-0.3, -0.25) is 9.69 Å². The molecule has 3 aliphatic heterocycles. The van der Waals surface area contributed by atoms with Gasteiger partial charge in [0.2, 0.25) is 10.0 Å². The molecule has 2 aliphatic carbocycles. The number of carbonyl (C=O) groups excluding carboxylic acids is 1. The van der Waals surface area contributed by atoms with E-state index in [2.05, 4.69) is 26.7 Å². The minimum atomic E-state index is -3.94. The molecule has 5 aliphatic rings. The molecule has 0 aromatic heterocycles. The zero-order chi connectivity index (χ0) is 35.4. The van der Waals surface area contributed by atoms with Crippen molar-refractivity contribution in [2.24, 2.45) is 23.7 Å².